The van der Waals surface area contributed by atoms with Crippen LogP contribution in [0.15, 0.2) is 30.7 Å². The van der Waals surface area contributed by atoms with E-state index in [2.05, 4.69) is 20.2 Å². The molecule has 3 aromatic heterocycles. The van der Waals surface area contributed by atoms with Crippen molar-refractivity contribution in [1.29, 1.82) is 0 Å². The molecule has 0 amide bonds. The second-order valence-electron chi connectivity index (χ2n) is 3.86. The summed E-state index contributed by atoms with van der Waals surface area (Å²) in [4.78, 5) is 9.45. The maximum absolute atomic E-state index is 5.19. The molecule has 0 unspecified atom stereocenters. The average molecular weight is 289 g/mol. The Morgan fingerprint density at radius 2 is 2.16 bits per heavy atom. The van der Waals surface area contributed by atoms with Crippen LogP contribution in [0.25, 0.3) is 21.3 Å². The van der Waals surface area contributed by atoms with Gasteiger partial charge in [-0.15, -0.1) is 11.3 Å². The Morgan fingerprint density at radius 1 is 1.37 bits per heavy atom. The molecule has 0 aromatic carbocycles. The first-order valence-corrected chi connectivity index (χ1v) is 7.04. The minimum atomic E-state index is 0.636. The SMILES string of the molecule is CCn1c(-c2cnc(-c3ccncc3)s2)n[nH]c1=S. The number of nitrogens with one attached hydrogen (secondary N) is 1. The Balaban J connectivity index is 2.04. The second-order valence-corrected chi connectivity index (χ2v) is 5.28. The molecule has 7 heteroatoms. The number of pyridine rings is 1. The number of aromatic amines is 1. The number of nitrogens with zero attached hydrogens (tertiary/aromatic N) is 4. The van der Waals surface area contributed by atoms with Crippen molar-refractivity contribution in [2.75, 3.05) is 0 Å². The van der Waals surface area contributed by atoms with Gasteiger partial charge in [-0.05, 0) is 31.3 Å². The predicted molar refractivity (Wildman–Crippen MR) is 77.4 cm³/mol. The molecule has 0 spiro atoms. The van der Waals surface area contributed by atoms with Crippen LogP contribution in [-0.2, 0) is 6.54 Å². The summed E-state index contributed by atoms with van der Waals surface area (Å²) >= 11 is 6.79. The van der Waals surface area contributed by atoms with Gasteiger partial charge < -0.3 is 0 Å². The molecule has 0 bridgehead atoms. The van der Waals surface area contributed by atoms with E-state index in [1.807, 2.05) is 29.8 Å². The normalized spacial score (nSPS) is 10.8. The maximum Gasteiger partial charge on any atom is 0.195 e. The van der Waals surface area contributed by atoms with Gasteiger partial charge in [-0.25, -0.2) is 4.98 Å². The average Bonchev–Trinajstić information content (AvgIpc) is 3.06. The van der Waals surface area contributed by atoms with Crippen molar-refractivity contribution in [3.8, 4) is 21.3 Å². The molecule has 0 atom stereocenters. The van der Waals surface area contributed by atoms with Gasteiger partial charge in [0, 0.05) is 30.7 Å². The molecule has 19 heavy (non-hydrogen) atoms. The fourth-order valence-corrected chi connectivity index (χ4v) is 2.99. The first-order valence-electron chi connectivity index (χ1n) is 5.81. The highest BCUT2D eigenvalue weighted by Crippen LogP contribution is 2.30. The molecule has 1 N–H and O–H groups in total. The minimum Gasteiger partial charge on any atom is -0.300 e. The van der Waals surface area contributed by atoms with E-state index in [1.165, 1.54) is 0 Å². The standard InChI is InChI=1S/C12H11N5S2/c1-2-17-10(15-16-12(17)18)9-7-14-11(19-9)8-3-5-13-6-4-8/h3-7H,2H2,1H3,(H,16,18). The zero-order chi connectivity index (χ0) is 13.2. The van der Waals surface area contributed by atoms with E-state index < -0.39 is 0 Å². The van der Waals surface area contributed by atoms with Crippen LogP contribution in [0.1, 0.15) is 6.92 Å². The summed E-state index contributed by atoms with van der Waals surface area (Å²) < 4.78 is 2.59. The van der Waals surface area contributed by atoms with E-state index in [0.29, 0.717) is 4.77 Å². The minimum absolute atomic E-state index is 0.636. The number of hydrogen-bond acceptors (Lipinski definition) is 5. The van der Waals surface area contributed by atoms with Gasteiger partial charge in [0.25, 0.3) is 0 Å². The largest absolute Gasteiger partial charge is 0.300 e. The van der Waals surface area contributed by atoms with Crippen molar-refractivity contribution in [2.24, 2.45) is 0 Å². The van der Waals surface area contributed by atoms with Crippen molar-refractivity contribution < 1.29 is 0 Å². The smallest absolute Gasteiger partial charge is 0.195 e. The van der Waals surface area contributed by atoms with Gasteiger partial charge >= 0.3 is 0 Å². The summed E-state index contributed by atoms with van der Waals surface area (Å²) in [6, 6.07) is 3.89. The summed E-state index contributed by atoms with van der Waals surface area (Å²) in [6.07, 6.45) is 5.36. The lowest BCUT2D eigenvalue weighted by Gasteiger charge is -1.99. The van der Waals surface area contributed by atoms with Crippen LogP contribution in [0.4, 0.5) is 0 Å². The van der Waals surface area contributed by atoms with Gasteiger partial charge in [0.1, 0.15) is 5.01 Å². The molecule has 3 rings (SSSR count). The molecule has 0 aliphatic rings. The van der Waals surface area contributed by atoms with Crippen molar-refractivity contribution in [2.45, 2.75) is 13.5 Å². The third kappa shape index (κ3) is 2.22. The highest BCUT2D eigenvalue weighted by molar-refractivity contribution is 7.71. The topological polar surface area (TPSA) is 59.4 Å². The number of thiazole rings is 1. The van der Waals surface area contributed by atoms with Gasteiger partial charge in [-0.3, -0.25) is 14.6 Å². The third-order valence-corrected chi connectivity index (χ3v) is 4.08. The molecule has 5 nitrogen and oxygen atoms in total. The summed E-state index contributed by atoms with van der Waals surface area (Å²) in [5.74, 6) is 0.838. The maximum atomic E-state index is 5.19. The fourth-order valence-electron chi connectivity index (χ4n) is 1.80. The van der Waals surface area contributed by atoms with Gasteiger partial charge in [0.2, 0.25) is 0 Å². The number of rotatable bonds is 3. The molecule has 96 valence electrons. The van der Waals surface area contributed by atoms with E-state index in [9.17, 15) is 0 Å². The number of hydrogen-bond donors (Lipinski definition) is 1. The number of H-pyrrole nitrogens is 1. The molecule has 0 saturated heterocycles. The van der Waals surface area contributed by atoms with Crippen molar-refractivity contribution >= 4 is 23.6 Å². The van der Waals surface area contributed by atoms with Crippen LogP contribution in [0.3, 0.4) is 0 Å². The zero-order valence-electron chi connectivity index (χ0n) is 10.2. The number of aromatic nitrogens is 5. The van der Waals surface area contributed by atoms with Crippen molar-refractivity contribution in [3.05, 3.63) is 35.5 Å². The van der Waals surface area contributed by atoms with E-state index in [4.69, 9.17) is 12.2 Å². The Kier molecular flexibility index (Phi) is 3.22. The van der Waals surface area contributed by atoms with E-state index >= 15 is 0 Å². The molecule has 0 aliphatic carbocycles. The molecule has 3 heterocycles. The summed E-state index contributed by atoms with van der Waals surface area (Å²) in [5, 5.41) is 8.04. The predicted octanol–water partition coefficient (Wildman–Crippen LogP) is 3.15. The molecule has 0 saturated carbocycles. The quantitative estimate of drug-likeness (QED) is 0.752. The highest BCUT2D eigenvalue weighted by atomic mass is 32.1. The lowest BCUT2D eigenvalue weighted by atomic mass is 10.3. The van der Waals surface area contributed by atoms with Gasteiger partial charge in [0.05, 0.1) is 4.88 Å². The van der Waals surface area contributed by atoms with Crippen LogP contribution in [0.5, 0.6) is 0 Å². The zero-order valence-corrected chi connectivity index (χ0v) is 11.8. The first kappa shape index (κ1) is 12.2. The van der Waals surface area contributed by atoms with Gasteiger partial charge in [-0.1, -0.05) is 0 Å². The summed E-state index contributed by atoms with van der Waals surface area (Å²) in [6.45, 7) is 2.83. The Morgan fingerprint density at radius 3 is 2.89 bits per heavy atom. The molecular weight excluding hydrogens is 278 g/mol. The van der Waals surface area contributed by atoms with Crippen LogP contribution < -0.4 is 0 Å². The molecular formula is C12H11N5S2. The molecule has 0 radical (unpaired) electrons. The Hall–Kier alpha value is -1.86. The van der Waals surface area contributed by atoms with Crippen LogP contribution in [-0.4, -0.2) is 24.7 Å². The Bertz CT molecular complexity index is 741. The second kappa shape index (κ2) is 5.02. The lowest BCUT2D eigenvalue weighted by Crippen LogP contribution is -1.96. The molecule has 3 aromatic rings. The Labute approximate surface area is 119 Å². The van der Waals surface area contributed by atoms with Crippen LogP contribution in [0, 0.1) is 4.77 Å². The lowest BCUT2D eigenvalue weighted by molar-refractivity contribution is 0.756. The van der Waals surface area contributed by atoms with E-state index in [0.717, 1.165) is 27.8 Å². The van der Waals surface area contributed by atoms with Crippen LogP contribution >= 0.6 is 23.6 Å². The van der Waals surface area contributed by atoms with Gasteiger partial charge in [0.15, 0.2) is 10.6 Å². The fraction of sp³-hybridized carbons (Fsp3) is 0.167. The van der Waals surface area contributed by atoms with Crippen molar-refractivity contribution in [3.63, 3.8) is 0 Å². The van der Waals surface area contributed by atoms with E-state index in [1.54, 1.807) is 23.7 Å². The van der Waals surface area contributed by atoms with Crippen LogP contribution in [0.2, 0.25) is 0 Å². The summed E-state index contributed by atoms with van der Waals surface area (Å²) in [5.41, 5.74) is 1.06. The first-order chi connectivity index (χ1) is 9.29. The van der Waals surface area contributed by atoms with E-state index in [-0.39, 0.29) is 0 Å². The summed E-state index contributed by atoms with van der Waals surface area (Å²) in [7, 11) is 0. The third-order valence-electron chi connectivity index (χ3n) is 2.73. The van der Waals surface area contributed by atoms with Gasteiger partial charge in [-0.2, -0.15) is 5.10 Å². The molecule has 0 fully saturated rings. The van der Waals surface area contributed by atoms with Crippen molar-refractivity contribution in [1.82, 2.24) is 24.7 Å². The highest BCUT2D eigenvalue weighted by Gasteiger charge is 2.12. The molecule has 0 aliphatic heterocycles. The monoisotopic (exact) mass is 289 g/mol.